The van der Waals surface area contributed by atoms with E-state index >= 15 is 0 Å². The molecule has 5 rings (SSSR count). The molecule has 4 aromatic rings. The maximum atomic E-state index is 12.5. The molecule has 1 fully saturated rings. The molecule has 196 valence electrons. The van der Waals surface area contributed by atoms with Gasteiger partial charge < -0.3 is 10.6 Å². The highest BCUT2D eigenvalue weighted by molar-refractivity contribution is 7.15. The van der Waals surface area contributed by atoms with E-state index in [9.17, 15) is 9.59 Å². The number of carbonyl (C=O) groups excluding carboxylic acids is 2. The zero-order valence-corrected chi connectivity index (χ0v) is 23.3. The van der Waals surface area contributed by atoms with Crippen LogP contribution in [0.15, 0.2) is 48.5 Å². The van der Waals surface area contributed by atoms with Crippen molar-refractivity contribution in [3.8, 4) is 0 Å². The van der Waals surface area contributed by atoms with Gasteiger partial charge in [0.2, 0.25) is 22.1 Å². The molecule has 1 saturated carbocycles. The van der Waals surface area contributed by atoms with Gasteiger partial charge in [0.1, 0.15) is 10.0 Å². The van der Waals surface area contributed by atoms with Gasteiger partial charge in [-0.15, -0.1) is 20.4 Å². The Morgan fingerprint density at radius 2 is 1.18 bits per heavy atom. The first kappa shape index (κ1) is 26.7. The number of hydrogen-bond acceptors (Lipinski definition) is 8. The SMILES string of the molecule is O=C(Cc1ccccc1Cl)Nc1nnc([C@@H]2CCC[C@@H](c3nnc(NC(=O)Cc4ccccc4Cl)s3)C2)s1. The molecule has 2 amide bonds. The van der Waals surface area contributed by atoms with E-state index in [1.165, 1.54) is 22.7 Å². The van der Waals surface area contributed by atoms with Gasteiger partial charge in [-0.1, -0.05) is 88.7 Å². The highest BCUT2D eigenvalue weighted by Crippen LogP contribution is 2.43. The lowest BCUT2D eigenvalue weighted by Crippen LogP contribution is -2.14. The molecule has 2 atom stereocenters. The monoisotopic (exact) mass is 586 g/mol. The molecule has 8 nitrogen and oxygen atoms in total. The van der Waals surface area contributed by atoms with Gasteiger partial charge in [-0.2, -0.15) is 0 Å². The smallest absolute Gasteiger partial charge is 0.230 e. The van der Waals surface area contributed by atoms with Crippen molar-refractivity contribution in [2.45, 2.75) is 50.4 Å². The van der Waals surface area contributed by atoms with Gasteiger partial charge in [-0.25, -0.2) is 0 Å². The Labute approximate surface area is 237 Å². The number of halogens is 2. The van der Waals surface area contributed by atoms with Gasteiger partial charge in [-0.3, -0.25) is 9.59 Å². The number of nitrogens with one attached hydrogen (secondary N) is 2. The summed E-state index contributed by atoms with van der Waals surface area (Å²) in [5.74, 6) is 0.0888. The summed E-state index contributed by atoms with van der Waals surface area (Å²) in [5, 5.41) is 26.7. The summed E-state index contributed by atoms with van der Waals surface area (Å²) < 4.78 is 0. The molecule has 2 aromatic carbocycles. The fraction of sp³-hybridized carbons (Fsp3) is 0.308. The molecular formula is C26H24Cl2N6O2S2. The van der Waals surface area contributed by atoms with E-state index in [-0.39, 0.29) is 36.5 Å². The Bertz CT molecular complexity index is 1340. The van der Waals surface area contributed by atoms with E-state index in [2.05, 4.69) is 31.0 Å². The average Bonchev–Trinajstić information content (AvgIpc) is 3.57. The third-order valence-corrected chi connectivity index (χ3v) is 9.10. The topological polar surface area (TPSA) is 110 Å². The molecular weight excluding hydrogens is 563 g/mol. The number of hydrogen-bond donors (Lipinski definition) is 2. The number of anilines is 2. The van der Waals surface area contributed by atoms with Crippen molar-refractivity contribution in [3.63, 3.8) is 0 Å². The molecule has 0 aliphatic heterocycles. The van der Waals surface area contributed by atoms with Crippen LogP contribution in [0.2, 0.25) is 10.0 Å². The van der Waals surface area contributed by atoms with Gasteiger partial charge in [0.15, 0.2) is 0 Å². The molecule has 2 N–H and O–H groups in total. The van der Waals surface area contributed by atoms with E-state index in [0.717, 1.165) is 46.8 Å². The molecule has 0 spiro atoms. The van der Waals surface area contributed by atoms with E-state index in [4.69, 9.17) is 23.2 Å². The molecule has 38 heavy (non-hydrogen) atoms. The molecule has 12 heteroatoms. The van der Waals surface area contributed by atoms with E-state index in [1.807, 2.05) is 36.4 Å². The van der Waals surface area contributed by atoms with Crippen LogP contribution in [-0.4, -0.2) is 32.2 Å². The lowest BCUT2D eigenvalue weighted by molar-refractivity contribution is -0.116. The molecule has 1 aliphatic carbocycles. The minimum atomic E-state index is -0.180. The second-order valence-electron chi connectivity index (χ2n) is 9.08. The second-order valence-corrected chi connectivity index (χ2v) is 11.9. The minimum absolute atomic E-state index is 0.175. The predicted molar refractivity (Wildman–Crippen MR) is 151 cm³/mol. The molecule has 0 unspecified atom stereocenters. The first-order valence-electron chi connectivity index (χ1n) is 12.2. The van der Waals surface area contributed by atoms with Crippen LogP contribution in [0, 0.1) is 0 Å². The Kier molecular flexibility index (Phi) is 8.63. The van der Waals surface area contributed by atoms with Gasteiger partial charge in [0, 0.05) is 21.9 Å². The molecule has 0 radical (unpaired) electrons. The number of aromatic nitrogens is 4. The standard InChI is InChI=1S/C26H24Cl2N6O2S2/c27-19-10-3-1-6-15(19)13-21(35)29-25-33-31-23(37-25)17-8-5-9-18(12-17)24-32-34-26(38-24)30-22(36)14-16-7-2-4-11-20(16)28/h1-4,6-7,10-11,17-18H,5,8-9,12-14H2,(H,29,33,35)(H,30,34,36)/t17-,18-/m1/s1. The lowest BCUT2D eigenvalue weighted by atomic mass is 9.82. The lowest BCUT2D eigenvalue weighted by Gasteiger charge is -2.25. The zero-order valence-electron chi connectivity index (χ0n) is 20.2. The summed E-state index contributed by atoms with van der Waals surface area (Å²) >= 11 is 15.1. The first-order chi connectivity index (χ1) is 18.4. The fourth-order valence-corrected chi connectivity index (χ4v) is 6.71. The first-order valence-corrected chi connectivity index (χ1v) is 14.6. The van der Waals surface area contributed by atoms with Crippen LogP contribution < -0.4 is 10.6 Å². The van der Waals surface area contributed by atoms with Crippen LogP contribution in [0.3, 0.4) is 0 Å². The van der Waals surface area contributed by atoms with Gasteiger partial charge in [-0.05, 0) is 42.5 Å². The van der Waals surface area contributed by atoms with Crippen LogP contribution in [0.25, 0.3) is 0 Å². The molecule has 2 aromatic heterocycles. The highest BCUT2D eigenvalue weighted by atomic mass is 35.5. The van der Waals surface area contributed by atoms with E-state index in [1.54, 1.807) is 12.1 Å². The Morgan fingerprint density at radius 3 is 1.63 bits per heavy atom. The van der Waals surface area contributed by atoms with Crippen molar-refractivity contribution in [3.05, 3.63) is 79.7 Å². The summed E-state index contributed by atoms with van der Waals surface area (Å²) in [6.07, 6.45) is 4.24. The summed E-state index contributed by atoms with van der Waals surface area (Å²) in [5.41, 5.74) is 1.53. The largest absolute Gasteiger partial charge is 0.300 e. The van der Waals surface area contributed by atoms with Crippen molar-refractivity contribution in [2.75, 3.05) is 10.6 Å². The van der Waals surface area contributed by atoms with Crippen LogP contribution in [0.5, 0.6) is 0 Å². The maximum Gasteiger partial charge on any atom is 0.230 e. The summed E-state index contributed by atoms with van der Waals surface area (Å²) in [6.45, 7) is 0. The summed E-state index contributed by atoms with van der Waals surface area (Å²) in [6, 6.07) is 14.6. The predicted octanol–water partition coefficient (Wildman–Crippen LogP) is 6.50. The van der Waals surface area contributed by atoms with Gasteiger partial charge >= 0.3 is 0 Å². The van der Waals surface area contributed by atoms with Crippen LogP contribution in [0.4, 0.5) is 10.3 Å². The van der Waals surface area contributed by atoms with Gasteiger partial charge in [0.05, 0.1) is 12.8 Å². The average molecular weight is 588 g/mol. The fourth-order valence-electron chi connectivity index (χ4n) is 4.49. The maximum absolute atomic E-state index is 12.5. The zero-order chi connectivity index (χ0) is 26.5. The van der Waals surface area contributed by atoms with Crippen molar-refractivity contribution in [1.29, 1.82) is 0 Å². The third-order valence-electron chi connectivity index (χ3n) is 6.36. The Morgan fingerprint density at radius 1 is 0.737 bits per heavy atom. The number of benzene rings is 2. The second kappa shape index (κ2) is 12.3. The molecule has 0 bridgehead atoms. The number of rotatable bonds is 8. The van der Waals surface area contributed by atoms with Gasteiger partial charge in [0.25, 0.3) is 0 Å². The third kappa shape index (κ3) is 6.74. The molecule has 1 aliphatic rings. The van der Waals surface area contributed by atoms with Crippen LogP contribution >= 0.6 is 45.9 Å². The van der Waals surface area contributed by atoms with E-state index in [0.29, 0.717) is 20.3 Å². The summed E-state index contributed by atoms with van der Waals surface area (Å²) in [7, 11) is 0. The highest BCUT2D eigenvalue weighted by Gasteiger charge is 2.29. The Hall–Kier alpha value is -2.92. The van der Waals surface area contributed by atoms with Crippen LogP contribution in [0.1, 0.15) is 58.7 Å². The molecule has 0 saturated heterocycles. The van der Waals surface area contributed by atoms with Crippen LogP contribution in [-0.2, 0) is 22.4 Å². The van der Waals surface area contributed by atoms with Crippen molar-refractivity contribution in [1.82, 2.24) is 20.4 Å². The Balaban J connectivity index is 1.16. The van der Waals surface area contributed by atoms with Crippen molar-refractivity contribution in [2.24, 2.45) is 0 Å². The number of amides is 2. The number of carbonyl (C=O) groups is 2. The van der Waals surface area contributed by atoms with Crippen molar-refractivity contribution < 1.29 is 9.59 Å². The quantitative estimate of drug-likeness (QED) is 0.244. The van der Waals surface area contributed by atoms with Crippen molar-refractivity contribution >= 4 is 68.0 Å². The number of nitrogens with zero attached hydrogens (tertiary/aromatic N) is 4. The van der Waals surface area contributed by atoms with E-state index < -0.39 is 0 Å². The summed E-state index contributed by atoms with van der Waals surface area (Å²) in [4.78, 5) is 24.9. The molecule has 2 heterocycles. The minimum Gasteiger partial charge on any atom is -0.300 e. The normalized spacial score (nSPS) is 17.2.